The fourth-order valence-corrected chi connectivity index (χ4v) is 0.743. The summed E-state index contributed by atoms with van der Waals surface area (Å²) in [6.45, 7) is 0. The lowest BCUT2D eigenvalue weighted by Crippen LogP contribution is -2.18. The number of anilines is 2. The van der Waals surface area contributed by atoms with Crippen molar-refractivity contribution in [1.82, 2.24) is 15.0 Å². The van der Waals surface area contributed by atoms with Gasteiger partial charge in [-0.1, -0.05) is 0 Å². The molecule has 1 aromatic heterocycles. The lowest BCUT2D eigenvalue weighted by Gasteiger charge is -2.14. The lowest BCUT2D eigenvalue weighted by molar-refractivity contribution is 0.428. The minimum absolute atomic E-state index is 0.262. The maximum Gasteiger partial charge on any atom is 0.320 e. The summed E-state index contributed by atoms with van der Waals surface area (Å²) in [5.41, 5.74) is 0. The van der Waals surface area contributed by atoms with Crippen LogP contribution in [0.3, 0.4) is 0 Å². The van der Waals surface area contributed by atoms with Gasteiger partial charge in [-0.15, -0.1) is 0 Å². The van der Waals surface area contributed by atoms with Gasteiger partial charge < -0.3 is 14.9 Å². The van der Waals surface area contributed by atoms with E-state index in [0.29, 0.717) is 11.9 Å². The molecule has 0 saturated carbocycles. The smallest absolute Gasteiger partial charge is 0.320 e. The molecule has 0 amide bonds. The highest BCUT2D eigenvalue weighted by Crippen LogP contribution is 2.12. The SMILES string of the molecule is CN(C)c1nc(O)nc(N(C)C)n1. The monoisotopic (exact) mass is 183 g/mol. The van der Waals surface area contributed by atoms with Crippen LogP contribution in [0.15, 0.2) is 0 Å². The van der Waals surface area contributed by atoms with Gasteiger partial charge in [0.15, 0.2) is 0 Å². The largest absolute Gasteiger partial charge is 0.479 e. The van der Waals surface area contributed by atoms with E-state index >= 15 is 0 Å². The van der Waals surface area contributed by atoms with E-state index in [1.165, 1.54) is 0 Å². The third kappa shape index (κ3) is 2.17. The average molecular weight is 183 g/mol. The van der Waals surface area contributed by atoms with Crippen molar-refractivity contribution in [3.63, 3.8) is 0 Å². The van der Waals surface area contributed by atoms with Crippen LogP contribution in [0.2, 0.25) is 0 Å². The number of hydrogen-bond donors (Lipinski definition) is 1. The van der Waals surface area contributed by atoms with Crippen LogP contribution in [-0.2, 0) is 0 Å². The van der Waals surface area contributed by atoms with Crippen molar-refractivity contribution in [3.8, 4) is 6.01 Å². The van der Waals surface area contributed by atoms with E-state index in [-0.39, 0.29) is 6.01 Å². The normalized spacial score (nSPS) is 9.85. The summed E-state index contributed by atoms with van der Waals surface area (Å²) >= 11 is 0. The van der Waals surface area contributed by atoms with Crippen LogP contribution in [0.4, 0.5) is 11.9 Å². The van der Waals surface area contributed by atoms with Crippen molar-refractivity contribution in [2.24, 2.45) is 0 Å². The first-order valence-electron chi connectivity index (χ1n) is 3.80. The van der Waals surface area contributed by atoms with Crippen LogP contribution in [-0.4, -0.2) is 48.2 Å². The highest BCUT2D eigenvalue weighted by Gasteiger charge is 2.07. The number of hydrogen-bond acceptors (Lipinski definition) is 6. The Balaban J connectivity index is 3.11. The summed E-state index contributed by atoms with van der Waals surface area (Å²) in [5, 5.41) is 9.18. The molecule has 6 nitrogen and oxygen atoms in total. The van der Waals surface area contributed by atoms with Gasteiger partial charge in [-0.25, -0.2) is 0 Å². The summed E-state index contributed by atoms with van der Waals surface area (Å²) in [6, 6.07) is -0.262. The second-order valence-electron chi connectivity index (χ2n) is 3.02. The second-order valence-corrected chi connectivity index (χ2v) is 3.02. The first kappa shape index (κ1) is 9.50. The van der Waals surface area contributed by atoms with Gasteiger partial charge in [-0.3, -0.25) is 0 Å². The molecule has 1 heterocycles. The molecule has 72 valence electrons. The Morgan fingerprint density at radius 1 is 0.846 bits per heavy atom. The summed E-state index contributed by atoms with van der Waals surface area (Å²) in [4.78, 5) is 15.0. The highest BCUT2D eigenvalue weighted by molar-refractivity contribution is 5.37. The molecule has 0 saturated heterocycles. The van der Waals surface area contributed by atoms with Crippen LogP contribution >= 0.6 is 0 Å². The summed E-state index contributed by atoms with van der Waals surface area (Å²) in [7, 11) is 7.20. The summed E-state index contributed by atoms with van der Waals surface area (Å²) in [6.07, 6.45) is 0. The van der Waals surface area contributed by atoms with E-state index in [1.807, 2.05) is 0 Å². The fourth-order valence-electron chi connectivity index (χ4n) is 0.743. The molecular weight excluding hydrogens is 170 g/mol. The van der Waals surface area contributed by atoms with Gasteiger partial charge in [-0.05, 0) is 0 Å². The highest BCUT2D eigenvalue weighted by atomic mass is 16.3. The minimum Gasteiger partial charge on any atom is -0.479 e. The lowest BCUT2D eigenvalue weighted by atomic mass is 10.7. The summed E-state index contributed by atoms with van der Waals surface area (Å²) < 4.78 is 0. The summed E-state index contributed by atoms with van der Waals surface area (Å²) in [5.74, 6) is 0.882. The van der Waals surface area contributed by atoms with Crippen LogP contribution in [0.1, 0.15) is 0 Å². The van der Waals surface area contributed by atoms with Crippen molar-refractivity contribution in [2.75, 3.05) is 38.0 Å². The van der Waals surface area contributed by atoms with Gasteiger partial charge in [0, 0.05) is 28.2 Å². The Morgan fingerprint density at radius 2 is 1.23 bits per heavy atom. The molecule has 0 fully saturated rings. The van der Waals surface area contributed by atoms with Crippen molar-refractivity contribution in [1.29, 1.82) is 0 Å². The Kier molecular flexibility index (Phi) is 2.50. The molecular formula is C7H13N5O. The van der Waals surface area contributed by atoms with Gasteiger partial charge in [0.1, 0.15) is 0 Å². The average Bonchev–Trinajstić information content (AvgIpc) is 2.03. The maximum atomic E-state index is 9.18. The number of rotatable bonds is 2. The van der Waals surface area contributed by atoms with Gasteiger partial charge >= 0.3 is 6.01 Å². The molecule has 0 aliphatic heterocycles. The minimum atomic E-state index is -0.262. The third-order valence-corrected chi connectivity index (χ3v) is 1.40. The zero-order chi connectivity index (χ0) is 10.0. The van der Waals surface area contributed by atoms with E-state index < -0.39 is 0 Å². The number of nitrogens with zero attached hydrogens (tertiary/aromatic N) is 5. The van der Waals surface area contributed by atoms with Crippen molar-refractivity contribution >= 4 is 11.9 Å². The molecule has 0 aromatic carbocycles. The van der Waals surface area contributed by atoms with Crippen LogP contribution in [0, 0.1) is 0 Å². The molecule has 6 heteroatoms. The van der Waals surface area contributed by atoms with Crippen LogP contribution in [0.5, 0.6) is 6.01 Å². The molecule has 0 aliphatic rings. The molecule has 0 radical (unpaired) electrons. The zero-order valence-electron chi connectivity index (χ0n) is 8.18. The molecule has 0 bridgehead atoms. The van der Waals surface area contributed by atoms with E-state index in [2.05, 4.69) is 15.0 Å². The standard InChI is InChI=1S/C7H13N5O/c1-11(2)5-8-6(12(3)4)10-7(13)9-5/h1-4H3,(H,8,9,10,13). The topological polar surface area (TPSA) is 65.4 Å². The Morgan fingerprint density at radius 3 is 1.54 bits per heavy atom. The number of aromatic nitrogens is 3. The van der Waals surface area contributed by atoms with Gasteiger partial charge in [0.05, 0.1) is 0 Å². The van der Waals surface area contributed by atoms with Crippen LogP contribution in [0.25, 0.3) is 0 Å². The molecule has 1 N–H and O–H groups in total. The van der Waals surface area contributed by atoms with Crippen molar-refractivity contribution in [3.05, 3.63) is 0 Å². The fraction of sp³-hybridized carbons (Fsp3) is 0.571. The van der Waals surface area contributed by atoms with Crippen molar-refractivity contribution < 1.29 is 5.11 Å². The van der Waals surface area contributed by atoms with E-state index in [9.17, 15) is 5.11 Å². The molecule has 0 unspecified atom stereocenters. The van der Waals surface area contributed by atoms with Gasteiger partial charge in [-0.2, -0.15) is 15.0 Å². The third-order valence-electron chi connectivity index (χ3n) is 1.40. The quantitative estimate of drug-likeness (QED) is 0.679. The Bertz CT molecular complexity index is 273. The van der Waals surface area contributed by atoms with Crippen molar-refractivity contribution in [2.45, 2.75) is 0 Å². The predicted molar refractivity (Wildman–Crippen MR) is 50.1 cm³/mol. The molecule has 0 spiro atoms. The second kappa shape index (κ2) is 3.42. The van der Waals surface area contributed by atoms with Crippen LogP contribution < -0.4 is 9.80 Å². The van der Waals surface area contributed by atoms with Gasteiger partial charge in [0.25, 0.3) is 0 Å². The Hall–Kier alpha value is -1.59. The Labute approximate surface area is 76.9 Å². The molecule has 0 aliphatic carbocycles. The predicted octanol–water partition coefficient (Wildman–Crippen LogP) is -0.291. The first-order chi connectivity index (χ1) is 6.00. The molecule has 1 rings (SSSR count). The molecule has 0 atom stereocenters. The van der Waals surface area contributed by atoms with Gasteiger partial charge in [0.2, 0.25) is 11.9 Å². The van der Waals surface area contributed by atoms with E-state index in [0.717, 1.165) is 0 Å². The maximum absolute atomic E-state index is 9.18. The first-order valence-corrected chi connectivity index (χ1v) is 3.80. The zero-order valence-corrected chi connectivity index (χ0v) is 8.18. The van der Waals surface area contributed by atoms with E-state index in [1.54, 1.807) is 38.0 Å². The molecule has 13 heavy (non-hydrogen) atoms. The number of aromatic hydroxyl groups is 1. The molecule has 1 aromatic rings. The van der Waals surface area contributed by atoms with E-state index in [4.69, 9.17) is 0 Å².